The topological polar surface area (TPSA) is 55.1 Å². The Labute approximate surface area is 77.9 Å². The number of rotatable bonds is 2. The highest BCUT2D eigenvalue weighted by Crippen LogP contribution is 2.08. The van der Waals surface area contributed by atoms with E-state index in [1.165, 1.54) is 5.56 Å². The number of hydrogen-bond donors (Lipinski definition) is 2. The first-order valence-corrected chi connectivity index (χ1v) is 4.22. The molecular weight excluding hydrogens is 164 g/mol. The van der Waals surface area contributed by atoms with E-state index in [-0.39, 0.29) is 5.91 Å². The fourth-order valence-corrected chi connectivity index (χ4v) is 0.893. The number of hydrogen-bond acceptors (Lipinski definition) is 2. The fraction of sp³-hybridized carbons (Fsp3) is 0.300. The third kappa shape index (κ3) is 2.87. The van der Waals surface area contributed by atoms with Crippen LogP contribution in [0.1, 0.15) is 12.5 Å². The molecule has 0 aliphatic rings. The molecule has 0 heterocycles. The van der Waals surface area contributed by atoms with Gasteiger partial charge < -0.3 is 11.1 Å². The molecular formula is C10H14N2O. The van der Waals surface area contributed by atoms with Crippen LogP contribution in [0.5, 0.6) is 0 Å². The summed E-state index contributed by atoms with van der Waals surface area (Å²) in [4.78, 5) is 11.2. The maximum atomic E-state index is 11.2. The van der Waals surface area contributed by atoms with Crippen molar-refractivity contribution in [2.24, 2.45) is 5.73 Å². The molecule has 0 bridgehead atoms. The zero-order valence-electron chi connectivity index (χ0n) is 7.87. The predicted molar refractivity (Wildman–Crippen MR) is 53.5 cm³/mol. The van der Waals surface area contributed by atoms with Crippen molar-refractivity contribution in [2.75, 3.05) is 5.32 Å². The van der Waals surface area contributed by atoms with Crippen molar-refractivity contribution in [1.82, 2.24) is 0 Å². The molecule has 0 saturated carbocycles. The summed E-state index contributed by atoms with van der Waals surface area (Å²) >= 11 is 0. The Morgan fingerprint density at radius 1 is 1.38 bits per heavy atom. The molecule has 13 heavy (non-hydrogen) atoms. The van der Waals surface area contributed by atoms with E-state index in [2.05, 4.69) is 5.32 Å². The number of carbonyl (C=O) groups excluding carboxylic acids is 1. The maximum Gasteiger partial charge on any atom is 0.240 e. The van der Waals surface area contributed by atoms with Crippen LogP contribution in [0.4, 0.5) is 5.69 Å². The van der Waals surface area contributed by atoms with Crippen molar-refractivity contribution in [1.29, 1.82) is 0 Å². The Bertz CT molecular complexity index is 290. The lowest BCUT2D eigenvalue weighted by Crippen LogP contribution is -2.32. The molecule has 1 rings (SSSR count). The van der Waals surface area contributed by atoms with Gasteiger partial charge >= 0.3 is 0 Å². The third-order valence-corrected chi connectivity index (χ3v) is 1.73. The molecule has 1 amide bonds. The van der Waals surface area contributed by atoms with Crippen molar-refractivity contribution in [3.63, 3.8) is 0 Å². The van der Waals surface area contributed by atoms with Gasteiger partial charge in [-0.3, -0.25) is 4.79 Å². The smallest absolute Gasteiger partial charge is 0.240 e. The zero-order valence-corrected chi connectivity index (χ0v) is 7.87. The first-order valence-electron chi connectivity index (χ1n) is 4.22. The van der Waals surface area contributed by atoms with E-state index in [4.69, 9.17) is 5.73 Å². The van der Waals surface area contributed by atoms with Crippen LogP contribution in [0, 0.1) is 6.92 Å². The molecule has 0 aromatic heterocycles. The molecule has 1 atom stereocenters. The van der Waals surface area contributed by atoms with Gasteiger partial charge in [0.15, 0.2) is 0 Å². The molecule has 0 radical (unpaired) electrons. The van der Waals surface area contributed by atoms with Crippen LogP contribution in [0.15, 0.2) is 24.3 Å². The van der Waals surface area contributed by atoms with Gasteiger partial charge in [0.1, 0.15) is 0 Å². The molecule has 0 fully saturated rings. The zero-order chi connectivity index (χ0) is 9.84. The minimum atomic E-state index is -0.471. The van der Waals surface area contributed by atoms with E-state index in [0.717, 1.165) is 5.69 Å². The van der Waals surface area contributed by atoms with E-state index < -0.39 is 6.04 Å². The molecule has 3 nitrogen and oxygen atoms in total. The van der Waals surface area contributed by atoms with Gasteiger partial charge in [-0.2, -0.15) is 0 Å². The Morgan fingerprint density at radius 3 is 2.38 bits per heavy atom. The summed E-state index contributed by atoms with van der Waals surface area (Å²) in [6.45, 7) is 3.65. The Kier molecular flexibility index (Phi) is 3.03. The van der Waals surface area contributed by atoms with Crippen LogP contribution >= 0.6 is 0 Å². The van der Waals surface area contributed by atoms with Crippen LogP contribution in [-0.2, 0) is 4.79 Å². The molecule has 1 aromatic rings. The number of aryl methyl sites for hydroxylation is 1. The van der Waals surface area contributed by atoms with Crippen molar-refractivity contribution in [3.05, 3.63) is 29.8 Å². The van der Waals surface area contributed by atoms with Crippen LogP contribution in [0.25, 0.3) is 0 Å². The average molecular weight is 178 g/mol. The normalized spacial score (nSPS) is 12.2. The SMILES string of the molecule is Cc1ccc(NC(=O)C(C)N)cc1. The van der Waals surface area contributed by atoms with Crippen molar-refractivity contribution < 1.29 is 4.79 Å². The highest BCUT2D eigenvalue weighted by Gasteiger charge is 2.06. The first kappa shape index (κ1) is 9.74. The van der Waals surface area contributed by atoms with Gasteiger partial charge in [0.25, 0.3) is 0 Å². The third-order valence-electron chi connectivity index (χ3n) is 1.73. The maximum absolute atomic E-state index is 11.2. The molecule has 1 aromatic carbocycles. The first-order chi connectivity index (χ1) is 6.09. The van der Waals surface area contributed by atoms with Crippen LogP contribution in [0.3, 0.4) is 0 Å². The van der Waals surface area contributed by atoms with Crippen LogP contribution in [-0.4, -0.2) is 11.9 Å². The summed E-state index contributed by atoms with van der Waals surface area (Å²) in [7, 11) is 0. The fourth-order valence-electron chi connectivity index (χ4n) is 0.893. The van der Waals surface area contributed by atoms with Crippen molar-refractivity contribution in [3.8, 4) is 0 Å². The highest BCUT2D eigenvalue weighted by molar-refractivity contribution is 5.94. The molecule has 1 unspecified atom stereocenters. The number of benzene rings is 1. The summed E-state index contributed by atoms with van der Waals surface area (Å²) in [6.07, 6.45) is 0. The van der Waals surface area contributed by atoms with Gasteiger partial charge in [0.05, 0.1) is 6.04 Å². The van der Waals surface area contributed by atoms with E-state index in [1.807, 2.05) is 31.2 Å². The van der Waals surface area contributed by atoms with Gasteiger partial charge in [0, 0.05) is 5.69 Å². The van der Waals surface area contributed by atoms with Crippen molar-refractivity contribution in [2.45, 2.75) is 19.9 Å². The molecule has 3 heteroatoms. The monoisotopic (exact) mass is 178 g/mol. The Balaban J connectivity index is 2.65. The minimum absolute atomic E-state index is 0.163. The van der Waals surface area contributed by atoms with Gasteiger partial charge in [-0.15, -0.1) is 0 Å². The van der Waals surface area contributed by atoms with Crippen LogP contribution < -0.4 is 11.1 Å². The molecule has 3 N–H and O–H groups in total. The summed E-state index contributed by atoms with van der Waals surface area (Å²) in [5.41, 5.74) is 7.35. The molecule has 0 saturated heterocycles. The lowest BCUT2D eigenvalue weighted by atomic mass is 10.2. The van der Waals surface area contributed by atoms with E-state index >= 15 is 0 Å². The summed E-state index contributed by atoms with van der Waals surface area (Å²) < 4.78 is 0. The number of carbonyl (C=O) groups is 1. The summed E-state index contributed by atoms with van der Waals surface area (Å²) in [5.74, 6) is -0.163. The van der Waals surface area contributed by atoms with Gasteiger partial charge in [-0.05, 0) is 26.0 Å². The van der Waals surface area contributed by atoms with Gasteiger partial charge in [0.2, 0.25) is 5.91 Å². The molecule has 0 aliphatic heterocycles. The summed E-state index contributed by atoms with van der Waals surface area (Å²) in [5, 5.41) is 2.70. The Morgan fingerprint density at radius 2 is 1.92 bits per heavy atom. The summed E-state index contributed by atoms with van der Waals surface area (Å²) in [6, 6.07) is 7.13. The van der Waals surface area contributed by atoms with Gasteiger partial charge in [-0.1, -0.05) is 17.7 Å². The predicted octanol–water partition coefficient (Wildman–Crippen LogP) is 1.28. The number of anilines is 1. The number of amides is 1. The molecule has 0 aliphatic carbocycles. The minimum Gasteiger partial charge on any atom is -0.325 e. The van der Waals surface area contributed by atoms with E-state index in [0.29, 0.717) is 0 Å². The van der Waals surface area contributed by atoms with Gasteiger partial charge in [-0.25, -0.2) is 0 Å². The standard InChI is InChI=1S/C10H14N2O/c1-7-3-5-9(6-4-7)12-10(13)8(2)11/h3-6,8H,11H2,1-2H3,(H,12,13). The van der Waals surface area contributed by atoms with Crippen molar-refractivity contribution >= 4 is 11.6 Å². The number of nitrogens with one attached hydrogen (secondary N) is 1. The Hall–Kier alpha value is -1.35. The number of nitrogens with two attached hydrogens (primary N) is 1. The second-order valence-electron chi connectivity index (χ2n) is 3.14. The van der Waals surface area contributed by atoms with E-state index in [1.54, 1.807) is 6.92 Å². The largest absolute Gasteiger partial charge is 0.325 e. The highest BCUT2D eigenvalue weighted by atomic mass is 16.2. The molecule has 0 spiro atoms. The second kappa shape index (κ2) is 4.05. The van der Waals surface area contributed by atoms with Crippen LogP contribution in [0.2, 0.25) is 0 Å². The van der Waals surface area contributed by atoms with E-state index in [9.17, 15) is 4.79 Å². The lowest BCUT2D eigenvalue weighted by molar-refractivity contribution is -0.117. The lowest BCUT2D eigenvalue weighted by Gasteiger charge is -2.07. The average Bonchev–Trinajstić information content (AvgIpc) is 2.08. The second-order valence-corrected chi connectivity index (χ2v) is 3.14. The quantitative estimate of drug-likeness (QED) is 0.716. The molecule has 70 valence electrons.